The molecule has 2 aromatic rings. The van der Waals surface area contributed by atoms with E-state index in [1.807, 2.05) is 6.92 Å². The van der Waals surface area contributed by atoms with Crippen LogP contribution >= 0.6 is 15.9 Å². The summed E-state index contributed by atoms with van der Waals surface area (Å²) in [5, 5.41) is 11.7. The van der Waals surface area contributed by atoms with E-state index in [0.29, 0.717) is 12.8 Å². The predicted octanol–water partition coefficient (Wildman–Crippen LogP) is 3.62. The van der Waals surface area contributed by atoms with Gasteiger partial charge in [-0.1, -0.05) is 41.8 Å². The molecule has 7 nitrogen and oxygen atoms in total. The lowest BCUT2D eigenvalue weighted by molar-refractivity contribution is -0.117. The van der Waals surface area contributed by atoms with Crippen LogP contribution in [0.2, 0.25) is 0 Å². The Balaban J connectivity index is 2.20. The summed E-state index contributed by atoms with van der Waals surface area (Å²) in [7, 11) is -3.89. The number of carboxylic acid groups (broad SMARTS) is 1. The second-order valence-corrected chi connectivity index (χ2v) is 8.77. The second-order valence-electron chi connectivity index (χ2n) is 6.15. The summed E-state index contributed by atoms with van der Waals surface area (Å²) in [6, 6.07) is 10.9. The van der Waals surface area contributed by atoms with Gasteiger partial charge in [0, 0.05) is 10.2 Å². The lowest BCUT2D eigenvalue weighted by Crippen LogP contribution is -2.43. The summed E-state index contributed by atoms with van der Waals surface area (Å²) in [6.45, 7) is 1.94. The standard InChI is InChI=1S/C19H21BrN2O5S/c1-2-3-7-17(22-28(26,27)16-10-8-14(20)9-11-16)18(23)21-15-6-4-5-13(12-15)19(24)25/h4-6,8-12,17,22H,2-3,7H2,1H3,(H,21,23)(H,24,25)/t17-/m0/s1. The molecule has 28 heavy (non-hydrogen) atoms. The number of amides is 1. The first-order valence-electron chi connectivity index (χ1n) is 8.65. The van der Waals surface area contributed by atoms with Crippen LogP contribution in [0.4, 0.5) is 5.69 Å². The Morgan fingerprint density at radius 1 is 1.14 bits per heavy atom. The Morgan fingerprint density at radius 2 is 1.82 bits per heavy atom. The molecule has 0 saturated heterocycles. The van der Waals surface area contributed by atoms with E-state index in [0.717, 1.165) is 10.9 Å². The topological polar surface area (TPSA) is 113 Å². The Hall–Kier alpha value is -2.23. The van der Waals surface area contributed by atoms with E-state index < -0.39 is 27.9 Å². The fraction of sp³-hybridized carbons (Fsp3) is 0.263. The highest BCUT2D eigenvalue weighted by Gasteiger charge is 2.25. The number of halogens is 1. The van der Waals surface area contributed by atoms with Gasteiger partial charge in [-0.3, -0.25) is 4.79 Å². The molecule has 3 N–H and O–H groups in total. The van der Waals surface area contributed by atoms with Crippen molar-refractivity contribution in [3.63, 3.8) is 0 Å². The molecule has 0 unspecified atom stereocenters. The number of anilines is 1. The SMILES string of the molecule is CCCC[C@H](NS(=O)(=O)c1ccc(Br)cc1)C(=O)Nc1cccc(C(=O)O)c1. The molecule has 2 aromatic carbocycles. The van der Waals surface area contributed by atoms with Gasteiger partial charge in [0.1, 0.15) is 6.04 Å². The highest BCUT2D eigenvalue weighted by Crippen LogP contribution is 2.17. The summed E-state index contributed by atoms with van der Waals surface area (Å²) in [6.07, 6.45) is 1.76. The number of nitrogens with one attached hydrogen (secondary N) is 2. The monoisotopic (exact) mass is 468 g/mol. The second kappa shape index (κ2) is 9.81. The lowest BCUT2D eigenvalue weighted by Gasteiger charge is -2.18. The Morgan fingerprint density at radius 3 is 2.43 bits per heavy atom. The molecule has 150 valence electrons. The summed E-state index contributed by atoms with van der Waals surface area (Å²) < 4.78 is 28.5. The van der Waals surface area contributed by atoms with Crippen LogP contribution in [0.3, 0.4) is 0 Å². The maximum atomic E-state index is 12.7. The van der Waals surface area contributed by atoms with Gasteiger partial charge in [0.2, 0.25) is 15.9 Å². The van der Waals surface area contributed by atoms with Crippen LogP contribution in [0.5, 0.6) is 0 Å². The molecule has 2 rings (SSSR count). The maximum absolute atomic E-state index is 12.7. The van der Waals surface area contributed by atoms with Crippen LogP contribution < -0.4 is 10.0 Å². The zero-order valence-electron chi connectivity index (χ0n) is 15.2. The number of rotatable bonds is 9. The van der Waals surface area contributed by atoms with Gasteiger partial charge < -0.3 is 10.4 Å². The third kappa shape index (κ3) is 6.15. The number of sulfonamides is 1. The number of carbonyl (C=O) groups is 2. The number of aromatic carboxylic acids is 1. The molecule has 0 fully saturated rings. The van der Waals surface area contributed by atoms with Gasteiger partial charge in [-0.2, -0.15) is 4.72 Å². The van der Waals surface area contributed by atoms with E-state index in [1.54, 1.807) is 18.2 Å². The summed E-state index contributed by atoms with van der Waals surface area (Å²) in [4.78, 5) is 23.8. The normalized spacial score (nSPS) is 12.4. The van der Waals surface area contributed by atoms with Crippen molar-refractivity contribution in [2.75, 3.05) is 5.32 Å². The fourth-order valence-electron chi connectivity index (χ4n) is 2.48. The van der Waals surface area contributed by atoms with Gasteiger partial charge in [-0.25, -0.2) is 13.2 Å². The molecule has 0 aliphatic carbocycles. The molecule has 0 spiro atoms. The third-order valence-electron chi connectivity index (χ3n) is 3.96. The summed E-state index contributed by atoms with van der Waals surface area (Å²) >= 11 is 3.25. The van der Waals surface area contributed by atoms with Crippen molar-refractivity contribution in [3.8, 4) is 0 Å². The van der Waals surface area contributed by atoms with Crippen molar-refractivity contribution in [3.05, 3.63) is 58.6 Å². The average Bonchev–Trinajstić information content (AvgIpc) is 2.65. The molecule has 0 aliphatic rings. The molecule has 9 heteroatoms. The smallest absolute Gasteiger partial charge is 0.335 e. The van der Waals surface area contributed by atoms with Crippen LogP contribution in [0, 0.1) is 0 Å². The number of carbonyl (C=O) groups excluding carboxylic acids is 1. The van der Waals surface area contributed by atoms with Crippen LogP contribution in [-0.4, -0.2) is 31.4 Å². The number of hydrogen-bond acceptors (Lipinski definition) is 4. The number of hydrogen-bond donors (Lipinski definition) is 3. The van der Waals surface area contributed by atoms with E-state index in [-0.39, 0.29) is 16.1 Å². The Labute approximate surface area is 172 Å². The first-order valence-corrected chi connectivity index (χ1v) is 10.9. The van der Waals surface area contributed by atoms with Crippen molar-refractivity contribution in [2.45, 2.75) is 37.1 Å². The number of unbranched alkanes of at least 4 members (excludes halogenated alkanes) is 1. The molecule has 0 heterocycles. The van der Waals surface area contributed by atoms with Crippen molar-refractivity contribution in [1.82, 2.24) is 4.72 Å². The van der Waals surface area contributed by atoms with Crippen molar-refractivity contribution < 1.29 is 23.1 Å². The zero-order valence-corrected chi connectivity index (χ0v) is 17.6. The van der Waals surface area contributed by atoms with Gasteiger partial charge in [0.25, 0.3) is 0 Å². The first kappa shape index (κ1) is 22.1. The van der Waals surface area contributed by atoms with Gasteiger partial charge in [0.05, 0.1) is 10.5 Å². The summed E-state index contributed by atoms with van der Waals surface area (Å²) in [5.74, 6) is -1.66. The van der Waals surface area contributed by atoms with Crippen LogP contribution in [-0.2, 0) is 14.8 Å². The zero-order chi connectivity index (χ0) is 20.7. The minimum absolute atomic E-state index is 0.0263. The van der Waals surface area contributed by atoms with Crippen LogP contribution in [0.15, 0.2) is 57.9 Å². The van der Waals surface area contributed by atoms with E-state index in [1.165, 1.54) is 30.3 Å². The van der Waals surface area contributed by atoms with E-state index in [4.69, 9.17) is 5.11 Å². The molecule has 1 amide bonds. The first-order chi connectivity index (χ1) is 13.2. The van der Waals surface area contributed by atoms with E-state index >= 15 is 0 Å². The highest BCUT2D eigenvalue weighted by molar-refractivity contribution is 9.10. The molecule has 1 atom stereocenters. The fourth-order valence-corrected chi connectivity index (χ4v) is 3.97. The Bertz CT molecular complexity index is 945. The average molecular weight is 469 g/mol. The van der Waals surface area contributed by atoms with Gasteiger partial charge in [-0.05, 0) is 48.9 Å². The molecule has 0 radical (unpaired) electrons. The largest absolute Gasteiger partial charge is 0.478 e. The number of carboxylic acids is 1. The molecule has 0 aliphatic heterocycles. The van der Waals surface area contributed by atoms with E-state index in [9.17, 15) is 18.0 Å². The lowest BCUT2D eigenvalue weighted by atomic mass is 10.1. The predicted molar refractivity (Wildman–Crippen MR) is 110 cm³/mol. The minimum atomic E-state index is -3.89. The van der Waals surface area contributed by atoms with Gasteiger partial charge in [0.15, 0.2) is 0 Å². The molecular weight excluding hydrogens is 448 g/mol. The quantitative estimate of drug-likeness (QED) is 0.519. The number of benzene rings is 2. The molecular formula is C19H21BrN2O5S. The van der Waals surface area contributed by atoms with Crippen molar-refractivity contribution in [2.24, 2.45) is 0 Å². The van der Waals surface area contributed by atoms with Crippen LogP contribution in [0.25, 0.3) is 0 Å². The molecule has 0 bridgehead atoms. The van der Waals surface area contributed by atoms with Gasteiger partial charge in [-0.15, -0.1) is 0 Å². The third-order valence-corrected chi connectivity index (χ3v) is 5.98. The Kier molecular flexibility index (Phi) is 7.73. The highest BCUT2D eigenvalue weighted by atomic mass is 79.9. The minimum Gasteiger partial charge on any atom is -0.478 e. The molecule has 0 saturated carbocycles. The summed E-state index contributed by atoms with van der Waals surface area (Å²) in [5.41, 5.74) is 0.313. The van der Waals surface area contributed by atoms with Gasteiger partial charge >= 0.3 is 5.97 Å². The molecule has 0 aromatic heterocycles. The van der Waals surface area contributed by atoms with Crippen molar-refractivity contribution in [1.29, 1.82) is 0 Å². The van der Waals surface area contributed by atoms with E-state index in [2.05, 4.69) is 26.0 Å². The van der Waals surface area contributed by atoms with Crippen molar-refractivity contribution >= 4 is 43.5 Å². The van der Waals surface area contributed by atoms with Crippen LogP contribution in [0.1, 0.15) is 36.5 Å². The maximum Gasteiger partial charge on any atom is 0.335 e.